The standard InChI is InChI=1S/C11H17NO2S/c1-8-6-10(3)11(7-9(8)2)12(4)15(5,13)14/h6-7H,1-5H3. The Morgan fingerprint density at radius 2 is 1.47 bits per heavy atom. The van der Waals surface area contributed by atoms with E-state index in [-0.39, 0.29) is 0 Å². The van der Waals surface area contributed by atoms with Gasteiger partial charge in [0.2, 0.25) is 10.0 Å². The van der Waals surface area contributed by atoms with Gasteiger partial charge in [-0.25, -0.2) is 8.42 Å². The molecule has 0 aromatic heterocycles. The molecular formula is C11H17NO2S. The second-order valence-corrected chi connectivity index (χ2v) is 5.97. The Hall–Kier alpha value is -1.03. The second-order valence-electron chi connectivity index (χ2n) is 3.95. The number of sulfonamides is 1. The Morgan fingerprint density at radius 1 is 1.00 bits per heavy atom. The zero-order valence-electron chi connectivity index (χ0n) is 9.83. The van der Waals surface area contributed by atoms with E-state index in [0.717, 1.165) is 16.8 Å². The van der Waals surface area contributed by atoms with Crippen molar-refractivity contribution in [1.82, 2.24) is 0 Å². The fourth-order valence-electron chi connectivity index (χ4n) is 1.46. The lowest BCUT2D eigenvalue weighted by Gasteiger charge is -2.20. The summed E-state index contributed by atoms with van der Waals surface area (Å²) in [5, 5.41) is 0. The predicted octanol–water partition coefficient (Wildman–Crippen LogP) is 2.01. The molecule has 0 aliphatic heterocycles. The number of anilines is 1. The average Bonchev–Trinajstić information content (AvgIpc) is 2.08. The van der Waals surface area contributed by atoms with Crippen LogP contribution in [0.5, 0.6) is 0 Å². The van der Waals surface area contributed by atoms with Gasteiger partial charge in [0.25, 0.3) is 0 Å². The van der Waals surface area contributed by atoms with Gasteiger partial charge in [-0.15, -0.1) is 0 Å². The first kappa shape index (κ1) is 12.0. The number of hydrogen-bond donors (Lipinski definition) is 0. The molecule has 84 valence electrons. The van der Waals surface area contributed by atoms with Crippen LogP contribution in [0.15, 0.2) is 12.1 Å². The molecule has 0 saturated carbocycles. The minimum Gasteiger partial charge on any atom is -0.273 e. The van der Waals surface area contributed by atoms with Crippen molar-refractivity contribution in [3.8, 4) is 0 Å². The average molecular weight is 227 g/mol. The molecule has 0 fully saturated rings. The number of hydrogen-bond acceptors (Lipinski definition) is 2. The Morgan fingerprint density at radius 3 is 1.93 bits per heavy atom. The number of rotatable bonds is 2. The van der Waals surface area contributed by atoms with Crippen molar-refractivity contribution >= 4 is 15.7 Å². The van der Waals surface area contributed by atoms with Gasteiger partial charge in [-0.1, -0.05) is 6.07 Å². The van der Waals surface area contributed by atoms with Gasteiger partial charge >= 0.3 is 0 Å². The minimum atomic E-state index is -3.17. The van der Waals surface area contributed by atoms with Gasteiger partial charge in [0, 0.05) is 7.05 Å². The third-order valence-corrected chi connectivity index (χ3v) is 3.84. The van der Waals surface area contributed by atoms with Crippen molar-refractivity contribution in [1.29, 1.82) is 0 Å². The maximum Gasteiger partial charge on any atom is 0.232 e. The van der Waals surface area contributed by atoms with E-state index in [1.54, 1.807) is 7.05 Å². The van der Waals surface area contributed by atoms with Crippen molar-refractivity contribution in [2.24, 2.45) is 0 Å². The van der Waals surface area contributed by atoms with E-state index in [0.29, 0.717) is 0 Å². The zero-order chi connectivity index (χ0) is 11.8. The Labute approximate surface area is 91.8 Å². The molecule has 1 aromatic rings. The maximum atomic E-state index is 11.4. The van der Waals surface area contributed by atoms with Crippen LogP contribution in [0.2, 0.25) is 0 Å². The van der Waals surface area contributed by atoms with E-state index in [9.17, 15) is 8.42 Å². The summed E-state index contributed by atoms with van der Waals surface area (Å²) >= 11 is 0. The Kier molecular flexibility index (Phi) is 3.09. The lowest BCUT2D eigenvalue weighted by atomic mass is 10.1. The fraction of sp³-hybridized carbons (Fsp3) is 0.455. The fourth-order valence-corrected chi connectivity index (χ4v) is 2.02. The molecule has 1 aromatic carbocycles. The molecule has 0 amide bonds. The molecule has 4 heteroatoms. The highest BCUT2D eigenvalue weighted by molar-refractivity contribution is 7.92. The van der Waals surface area contributed by atoms with Crippen molar-refractivity contribution in [2.45, 2.75) is 20.8 Å². The molecule has 0 spiro atoms. The van der Waals surface area contributed by atoms with Crippen LogP contribution in [0.1, 0.15) is 16.7 Å². The van der Waals surface area contributed by atoms with Crippen LogP contribution in [0, 0.1) is 20.8 Å². The smallest absolute Gasteiger partial charge is 0.232 e. The third kappa shape index (κ3) is 2.50. The topological polar surface area (TPSA) is 37.4 Å². The first-order valence-electron chi connectivity index (χ1n) is 4.75. The summed E-state index contributed by atoms with van der Waals surface area (Å²) in [5.41, 5.74) is 4.01. The SMILES string of the molecule is Cc1cc(C)c(N(C)S(C)(=O)=O)cc1C. The highest BCUT2D eigenvalue weighted by atomic mass is 32.2. The molecule has 0 heterocycles. The van der Waals surface area contributed by atoms with Crippen LogP contribution in [-0.2, 0) is 10.0 Å². The molecule has 1 rings (SSSR count). The second kappa shape index (κ2) is 3.85. The highest BCUT2D eigenvalue weighted by Gasteiger charge is 2.14. The molecule has 0 N–H and O–H groups in total. The summed E-state index contributed by atoms with van der Waals surface area (Å²) in [7, 11) is -1.60. The van der Waals surface area contributed by atoms with Gasteiger partial charge in [-0.2, -0.15) is 0 Å². The minimum absolute atomic E-state index is 0.751. The maximum absolute atomic E-state index is 11.4. The molecule has 3 nitrogen and oxygen atoms in total. The molecule has 0 radical (unpaired) electrons. The van der Waals surface area contributed by atoms with E-state index >= 15 is 0 Å². The highest BCUT2D eigenvalue weighted by Crippen LogP contribution is 2.24. The number of aryl methyl sites for hydroxylation is 3. The van der Waals surface area contributed by atoms with Crippen molar-refractivity contribution in [3.63, 3.8) is 0 Å². The van der Waals surface area contributed by atoms with Gasteiger partial charge in [0.15, 0.2) is 0 Å². The van der Waals surface area contributed by atoms with Crippen LogP contribution < -0.4 is 4.31 Å². The summed E-state index contributed by atoms with van der Waals surface area (Å²) < 4.78 is 24.1. The van der Waals surface area contributed by atoms with Crippen molar-refractivity contribution in [2.75, 3.05) is 17.6 Å². The third-order valence-electron chi connectivity index (χ3n) is 2.65. The quantitative estimate of drug-likeness (QED) is 0.775. The molecule has 0 bridgehead atoms. The Balaban J connectivity index is 3.33. The number of nitrogens with zero attached hydrogens (tertiary/aromatic N) is 1. The van der Waals surface area contributed by atoms with Crippen molar-refractivity contribution < 1.29 is 8.42 Å². The van der Waals surface area contributed by atoms with Crippen LogP contribution in [0.4, 0.5) is 5.69 Å². The monoisotopic (exact) mass is 227 g/mol. The van der Waals surface area contributed by atoms with Gasteiger partial charge < -0.3 is 0 Å². The lowest BCUT2D eigenvalue weighted by Crippen LogP contribution is -2.25. The van der Waals surface area contributed by atoms with Gasteiger partial charge in [0.1, 0.15) is 0 Å². The van der Waals surface area contributed by atoms with E-state index in [4.69, 9.17) is 0 Å². The van der Waals surface area contributed by atoms with E-state index in [1.165, 1.54) is 16.1 Å². The molecular weight excluding hydrogens is 210 g/mol. The molecule has 0 aliphatic rings. The first-order chi connectivity index (χ1) is 6.73. The number of benzene rings is 1. The van der Waals surface area contributed by atoms with Crippen LogP contribution >= 0.6 is 0 Å². The van der Waals surface area contributed by atoms with E-state index in [2.05, 4.69) is 0 Å². The summed E-state index contributed by atoms with van der Waals surface area (Å²) in [6, 6.07) is 3.91. The molecule has 0 unspecified atom stereocenters. The molecule has 0 atom stereocenters. The van der Waals surface area contributed by atoms with Gasteiger partial charge in [-0.3, -0.25) is 4.31 Å². The summed E-state index contributed by atoms with van der Waals surface area (Å²) in [6.07, 6.45) is 1.21. The van der Waals surface area contributed by atoms with Gasteiger partial charge in [0.05, 0.1) is 11.9 Å². The van der Waals surface area contributed by atoms with Gasteiger partial charge in [-0.05, 0) is 43.5 Å². The Bertz CT molecular complexity index is 478. The van der Waals surface area contributed by atoms with E-state index < -0.39 is 10.0 Å². The van der Waals surface area contributed by atoms with Crippen molar-refractivity contribution in [3.05, 3.63) is 28.8 Å². The predicted molar refractivity (Wildman–Crippen MR) is 63.9 cm³/mol. The van der Waals surface area contributed by atoms with Crippen LogP contribution in [0.3, 0.4) is 0 Å². The summed E-state index contributed by atoms with van der Waals surface area (Å²) in [4.78, 5) is 0. The molecule has 15 heavy (non-hydrogen) atoms. The normalized spacial score (nSPS) is 11.5. The largest absolute Gasteiger partial charge is 0.273 e. The summed E-state index contributed by atoms with van der Waals surface area (Å²) in [6.45, 7) is 5.92. The zero-order valence-corrected chi connectivity index (χ0v) is 10.6. The molecule has 0 aliphatic carbocycles. The van der Waals surface area contributed by atoms with Crippen LogP contribution in [0.25, 0.3) is 0 Å². The first-order valence-corrected chi connectivity index (χ1v) is 6.60. The molecule has 0 saturated heterocycles. The summed E-state index contributed by atoms with van der Waals surface area (Å²) in [5.74, 6) is 0. The van der Waals surface area contributed by atoms with Crippen LogP contribution in [-0.4, -0.2) is 21.7 Å². The van der Waals surface area contributed by atoms with E-state index in [1.807, 2.05) is 32.9 Å². The lowest BCUT2D eigenvalue weighted by molar-refractivity contribution is 0.600.